The molecule has 0 aliphatic rings. The van der Waals surface area contributed by atoms with Gasteiger partial charge in [-0.1, -0.05) is 12.1 Å². The number of benzene rings is 1. The minimum absolute atomic E-state index is 0. The van der Waals surface area contributed by atoms with Crippen molar-refractivity contribution in [3.63, 3.8) is 0 Å². The number of anilines is 1. The minimum atomic E-state index is -0.207. The summed E-state index contributed by atoms with van der Waals surface area (Å²) in [6.45, 7) is 4.82. The first kappa shape index (κ1) is 14.5. The van der Waals surface area contributed by atoms with Gasteiger partial charge < -0.3 is 5.32 Å². The molecule has 0 fully saturated rings. The number of aromatic nitrogens is 2. The van der Waals surface area contributed by atoms with Gasteiger partial charge in [0.25, 0.3) is 0 Å². The number of rotatable bonds is 4. The predicted octanol–water partition coefficient (Wildman–Crippen LogP) is 3.64. The summed E-state index contributed by atoms with van der Waals surface area (Å²) in [6.07, 6.45) is 1.77. The van der Waals surface area contributed by atoms with Gasteiger partial charge in [-0.05, 0) is 31.5 Å². The number of halogens is 2. The molecular weight excluding hydrogens is 253 g/mol. The zero-order valence-corrected chi connectivity index (χ0v) is 11.2. The van der Waals surface area contributed by atoms with Crippen LogP contribution in [0.15, 0.2) is 36.5 Å². The van der Waals surface area contributed by atoms with Crippen molar-refractivity contribution in [1.82, 2.24) is 9.78 Å². The molecule has 0 aliphatic carbocycles. The van der Waals surface area contributed by atoms with Crippen LogP contribution in [0.5, 0.6) is 0 Å². The maximum Gasteiger partial charge on any atom is 0.124 e. The lowest BCUT2D eigenvalue weighted by Crippen LogP contribution is -2.09. The maximum atomic E-state index is 12.7. The lowest BCUT2D eigenvalue weighted by molar-refractivity contribution is 0.537. The number of nitrogens with zero attached hydrogens (tertiary/aromatic N) is 2. The standard InChI is InChI=1S/C13H16FN3.ClH/c1-10(2)17-13(7-8-16-17)15-9-11-3-5-12(14)6-4-11;/h3-8,10,15H,9H2,1-2H3;1H. The van der Waals surface area contributed by atoms with E-state index < -0.39 is 0 Å². The molecule has 18 heavy (non-hydrogen) atoms. The van der Waals surface area contributed by atoms with E-state index in [1.54, 1.807) is 18.3 Å². The molecule has 0 bridgehead atoms. The van der Waals surface area contributed by atoms with Crippen molar-refractivity contribution >= 4 is 18.2 Å². The van der Waals surface area contributed by atoms with Gasteiger partial charge in [-0.2, -0.15) is 5.10 Å². The van der Waals surface area contributed by atoms with Gasteiger partial charge in [-0.25, -0.2) is 9.07 Å². The number of hydrogen-bond donors (Lipinski definition) is 1. The molecule has 0 radical (unpaired) electrons. The van der Waals surface area contributed by atoms with E-state index in [9.17, 15) is 4.39 Å². The Kier molecular flexibility index (Phi) is 5.16. The van der Waals surface area contributed by atoms with Gasteiger partial charge in [0.1, 0.15) is 11.6 Å². The van der Waals surface area contributed by atoms with E-state index in [1.165, 1.54) is 12.1 Å². The molecule has 0 amide bonds. The molecule has 0 spiro atoms. The SMILES string of the molecule is CC(C)n1nccc1NCc1ccc(F)cc1.Cl. The molecule has 2 aromatic rings. The Morgan fingerprint density at radius 3 is 2.50 bits per heavy atom. The van der Waals surface area contributed by atoms with Gasteiger partial charge in [0, 0.05) is 18.7 Å². The quantitative estimate of drug-likeness (QED) is 0.918. The molecule has 1 heterocycles. The predicted molar refractivity (Wildman–Crippen MR) is 73.6 cm³/mol. The highest BCUT2D eigenvalue weighted by Gasteiger charge is 2.04. The Hall–Kier alpha value is -1.55. The largest absolute Gasteiger partial charge is 0.366 e. The Morgan fingerprint density at radius 1 is 1.22 bits per heavy atom. The molecule has 0 atom stereocenters. The van der Waals surface area contributed by atoms with E-state index >= 15 is 0 Å². The molecule has 1 aromatic heterocycles. The summed E-state index contributed by atoms with van der Waals surface area (Å²) >= 11 is 0. The number of hydrogen-bond acceptors (Lipinski definition) is 2. The third-order valence-corrected chi connectivity index (χ3v) is 2.55. The summed E-state index contributed by atoms with van der Waals surface area (Å²) in [6, 6.07) is 8.74. The van der Waals surface area contributed by atoms with E-state index in [0.717, 1.165) is 11.4 Å². The van der Waals surface area contributed by atoms with Gasteiger partial charge in [0.05, 0.1) is 6.20 Å². The van der Waals surface area contributed by atoms with Crippen molar-refractivity contribution < 1.29 is 4.39 Å². The molecule has 3 nitrogen and oxygen atoms in total. The average Bonchev–Trinajstić information content (AvgIpc) is 2.76. The second-order valence-corrected chi connectivity index (χ2v) is 4.23. The van der Waals surface area contributed by atoms with Crippen LogP contribution in [0.1, 0.15) is 25.5 Å². The molecular formula is C13H17ClFN3. The molecule has 98 valence electrons. The zero-order chi connectivity index (χ0) is 12.3. The van der Waals surface area contributed by atoms with Crippen molar-refractivity contribution in [2.24, 2.45) is 0 Å². The topological polar surface area (TPSA) is 29.9 Å². The van der Waals surface area contributed by atoms with E-state index in [4.69, 9.17) is 0 Å². The Balaban J connectivity index is 0.00000162. The van der Waals surface area contributed by atoms with Crippen molar-refractivity contribution in [2.75, 3.05) is 5.32 Å². The van der Waals surface area contributed by atoms with Crippen molar-refractivity contribution in [3.05, 3.63) is 47.9 Å². The second kappa shape index (κ2) is 6.40. The molecule has 1 aromatic carbocycles. The maximum absolute atomic E-state index is 12.7. The first-order chi connectivity index (χ1) is 8.16. The molecule has 0 unspecified atom stereocenters. The highest BCUT2D eigenvalue weighted by molar-refractivity contribution is 5.85. The van der Waals surface area contributed by atoms with Gasteiger partial charge in [0.2, 0.25) is 0 Å². The fourth-order valence-electron chi connectivity index (χ4n) is 1.66. The summed E-state index contributed by atoms with van der Waals surface area (Å²) in [5.41, 5.74) is 1.04. The lowest BCUT2D eigenvalue weighted by Gasteiger charge is -2.12. The average molecular weight is 270 g/mol. The van der Waals surface area contributed by atoms with E-state index in [-0.39, 0.29) is 18.2 Å². The molecule has 0 aliphatic heterocycles. The molecule has 2 rings (SSSR count). The van der Waals surface area contributed by atoms with Crippen LogP contribution in [0.4, 0.5) is 10.2 Å². The lowest BCUT2D eigenvalue weighted by atomic mass is 10.2. The molecule has 0 saturated carbocycles. The van der Waals surface area contributed by atoms with Crippen LogP contribution in [0.25, 0.3) is 0 Å². The monoisotopic (exact) mass is 269 g/mol. The molecule has 1 N–H and O–H groups in total. The van der Waals surface area contributed by atoms with Gasteiger partial charge in [-0.15, -0.1) is 12.4 Å². The van der Waals surface area contributed by atoms with Crippen LogP contribution in [-0.4, -0.2) is 9.78 Å². The summed E-state index contributed by atoms with van der Waals surface area (Å²) in [4.78, 5) is 0. The van der Waals surface area contributed by atoms with Crippen LogP contribution in [0.3, 0.4) is 0 Å². The second-order valence-electron chi connectivity index (χ2n) is 4.23. The van der Waals surface area contributed by atoms with E-state index in [0.29, 0.717) is 12.6 Å². The van der Waals surface area contributed by atoms with Crippen LogP contribution >= 0.6 is 12.4 Å². The first-order valence-electron chi connectivity index (χ1n) is 5.68. The minimum Gasteiger partial charge on any atom is -0.366 e. The van der Waals surface area contributed by atoms with Crippen LogP contribution in [0.2, 0.25) is 0 Å². The summed E-state index contributed by atoms with van der Waals surface area (Å²) in [5, 5.41) is 7.52. The Bertz CT molecular complexity index is 479. The van der Waals surface area contributed by atoms with Crippen LogP contribution in [-0.2, 0) is 6.54 Å². The number of nitrogens with one attached hydrogen (secondary N) is 1. The molecule has 0 saturated heterocycles. The van der Waals surface area contributed by atoms with Gasteiger partial charge in [0.15, 0.2) is 0 Å². The van der Waals surface area contributed by atoms with Gasteiger partial charge in [-0.3, -0.25) is 0 Å². The zero-order valence-electron chi connectivity index (χ0n) is 10.4. The third-order valence-electron chi connectivity index (χ3n) is 2.55. The van der Waals surface area contributed by atoms with Crippen LogP contribution in [0, 0.1) is 5.82 Å². The smallest absolute Gasteiger partial charge is 0.124 e. The van der Waals surface area contributed by atoms with Crippen molar-refractivity contribution in [2.45, 2.75) is 26.4 Å². The van der Waals surface area contributed by atoms with Crippen molar-refractivity contribution in [1.29, 1.82) is 0 Å². The molecule has 5 heteroatoms. The van der Waals surface area contributed by atoms with Crippen LogP contribution < -0.4 is 5.32 Å². The van der Waals surface area contributed by atoms with Crippen molar-refractivity contribution in [3.8, 4) is 0 Å². The third kappa shape index (κ3) is 3.47. The fraction of sp³-hybridized carbons (Fsp3) is 0.308. The van der Waals surface area contributed by atoms with E-state index in [1.807, 2.05) is 10.7 Å². The summed E-state index contributed by atoms with van der Waals surface area (Å²) < 4.78 is 14.7. The summed E-state index contributed by atoms with van der Waals surface area (Å²) in [7, 11) is 0. The van der Waals surface area contributed by atoms with Gasteiger partial charge >= 0.3 is 0 Å². The Morgan fingerprint density at radius 2 is 1.89 bits per heavy atom. The normalized spacial score (nSPS) is 10.2. The fourth-order valence-corrected chi connectivity index (χ4v) is 1.66. The Labute approximate surface area is 112 Å². The summed E-state index contributed by atoms with van der Waals surface area (Å²) in [5.74, 6) is 0.769. The highest BCUT2D eigenvalue weighted by Crippen LogP contribution is 2.14. The van der Waals surface area contributed by atoms with E-state index in [2.05, 4.69) is 24.3 Å². The first-order valence-corrected chi connectivity index (χ1v) is 5.68. The highest BCUT2D eigenvalue weighted by atomic mass is 35.5.